The lowest BCUT2D eigenvalue weighted by molar-refractivity contribution is -0.142. The van der Waals surface area contributed by atoms with Gasteiger partial charge in [-0.25, -0.2) is 4.79 Å². The van der Waals surface area contributed by atoms with Gasteiger partial charge in [-0.15, -0.1) is 0 Å². The molecular formula is C14H20N2O4. The van der Waals surface area contributed by atoms with Crippen LogP contribution < -0.4 is 10.2 Å². The summed E-state index contributed by atoms with van der Waals surface area (Å²) in [5.41, 5.74) is 0.608. The van der Waals surface area contributed by atoms with Crippen molar-refractivity contribution in [2.45, 2.75) is 13.8 Å². The van der Waals surface area contributed by atoms with E-state index in [1.807, 2.05) is 0 Å². The van der Waals surface area contributed by atoms with Crippen LogP contribution in [0.4, 0.5) is 10.5 Å². The van der Waals surface area contributed by atoms with Crippen LogP contribution in [0.5, 0.6) is 5.75 Å². The third-order valence-corrected chi connectivity index (χ3v) is 3.14. The highest BCUT2D eigenvalue weighted by atomic mass is 16.4. The Morgan fingerprint density at radius 3 is 2.25 bits per heavy atom. The molecule has 0 heterocycles. The molecule has 20 heavy (non-hydrogen) atoms. The first-order valence-corrected chi connectivity index (χ1v) is 6.36. The van der Waals surface area contributed by atoms with Crippen LogP contribution >= 0.6 is 0 Å². The van der Waals surface area contributed by atoms with Crippen LogP contribution in [-0.4, -0.2) is 35.8 Å². The number of carbonyl (C=O) groups is 2. The van der Waals surface area contributed by atoms with Gasteiger partial charge in [0.15, 0.2) is 0 Å². The smallest absolute Gasteiger partial charge is 0.321 e. The number of carboxylic acids is 1. The Morgan fingerprint density at radius 1 is 1.25 bits per heavy atom. The van der Waals surface area contributed by atoms with Gasteiger partial charge in [0.05, 0.1) is 5.92 Å². The average Bonchev–Trinajstić information content (AvgIpc) is 2.38. The normalized spacial score (nSPS) is 12.0. The molecule has 0 aliphatic rings. The number of carboxylic acid groups (broad SMARTS) is 1. The van der Waals surface area contributed by atoms with Crippen LogP contribution in [-0.2, 0) is 4.79 Å². The van der Waals surface area contributed by atoms with Crippen LogP contribution in [0.25, 0.3) is 0 Å². The van der Waals surface area contributed by atoms with Gasteiger partial charge >= 0.3 is 12.0 Å². The fourth-order valence-electron chi connectivity index (χ4n) is 1.72. The van der Waals surface area contributed by atoms with E-state index in [1.54, 1.807) is 33.0 Å². The molecule has 1 rings (SSSR count). The summed E-state index contributed by atoms with van der Waals surface area (Å²) in [7, 11) is 1.58. The maximum Gasteiger partial charge on any atom is 0.321 e. The maximum atomic E-state index is 11.9. The summed E-state index contributed by atoms with van der Waals surface area (Å²) in [6, 6.07) is 5.78. The van der Waals surface area contributed by atoms with Crippen molar-refractivity contribution in [3.05, 3.63) is 24.3 Å². The first-order chi connectivity index (χ1) is 9.32. The summed E-state index contributed by atoms with van der Waals surface area (Å²) in [5, 5.41) is 20.8. The second-order valence-corrected chi connectivity index (χ2v) is 4.95. The van der Waals surface area contributed by atoms with Crippen molar-refractivity contribution >= 4 is 17.7 Å². The molecular weight excluding hydrogens is 260 g/mol. The van der Waals surface area contributed by atoms with Gasteiger partial charge in [0.1, 0.15) is 5.75 Å². The largest absolute Gasteiger partial charge is 0.508 e. The Bertz CT molecular complexity index is 471. The van der Waals surface area contributed by atoms with Gasteiger partial charge < -0.3 is 15.5 Å². The highest BCUT2D eigenvalue weighted by Crippen LogP contribution is 2.17. The van der Waals surface area contributed by atoms with Gasteiger partial charge in [-0.3, -0.25) is 9.69 Å². The number of nitrogens with one attached hydrogen (secondary N) is 1. The van der Waals surface area contributed by atoms with Gasteiger partial charge in [-0.05, 0) is 30.2 Å². The van der Waals surface area contributed by atoms with Crippen LogP contribution in [0.2, 0.25) is 0 Å². The van der Waals surface area contributed by atoms with E-state index in [4.69, 9.17) is 5.11 Å². The molecule has 1 aromatic rings. The lowest BCUT2D eigenvalue weighted by Crippen LogP contribution is -2.42. The SMILES string of the molecule is CC(C)C(CNC(=O)N(C)c1ccc(O)cc1)C(=O)O. The van der Waals surface area contributed by atoms with Crippen molar-refractivity contribution in [2.24, 2.45) is 11.8 Å². The van der Waals surface area contributed by atoms with Crippen LogP contribution in [0.15, 0.2) is 24.3 Å². The number of benzene rings is 1. The van der Waals surface area contributed by atoms with E-state index in [-0.39, 0.29) is 24.2 Å². The van der Waals surface area contributed by atoms with Crippen molar-refractivity contribution < 1.29 is 19.8 Å². The fraction of sp³-hybridized carbons (Fsp3) is 0.429. The number of nitrogens with zero attached hydrogens (tertiary/aromatic N) is 1. The number of hydrogen-bond acceptors (Lipinski definition) is 3. The van der Waals surface area contributed by atoms with Gasteiger partial charge in [-0.2, -0.15) is 0 Å². The highest BCUT2D eigenvalue weighted by Gasteiger charge is 2.22. The number of aliphatic carboxylic acids is 1. The average molecular weight is 280 g/mol. The van der Waals surface area contributed by atoms with Gasteiger partial charge in [-0.1, -0.05) is 13.8 Å². The van der Waals surface area contributed by atoms with E-state index in [0.29, 0.717) is 5.69 Å². The molecule has 0 bridgehead atoms. The molecule has 1 atom stereocenters. The summed E-state index contributed by atoms with van der Waals surface area (Å²) in [6.45, 7) is 3.68. The zero-order valence-electron chi connectivity index (χ0n) is 11.8. The number of phenolic OH excluding ortho intramolecular Hbond substituents is 1. The minimum atomic E-state index is -0.924. The molecule has 0 aliphatic heterocycles. The molecule has 0 saturated heterocycles. The zero-order chi connectivity index (χ0) is 15.3. The van der Waals surface area contributed by atoms with Gasteiger partial charge in [0, 0.05) is 19.3 Å². The summed E-state index contributed by atoms with van der Waals surface area (Å²) in [6.07, 6.45) is 0. The number of urea groups is 1. The van der Waals surface area contributed by atoms with Gasteiger partial charge in [0.2, 0.25) is 0 Å². The Kier molecular flexibility index (Phi) is 5.37. The molecule has 0 fully saturated rings. The third kappa shape index (κ3) is 4.15. The molecule has 6 nitrogen and oxygen atoms in total. The minimum Gasteiger partial charge on any atom is -0.508 e. The summed E-state index contributed by atoms with van der Waals surface area (Å²) in [4.78, 5) is 24.3. The molecule has 0 radical (unpaired) electrons. The lowest BCUT2D eigenvalue weighted by Gasteiger charge is -2.21. The van der Waals surface area contributed by atoms with Crippen molar-refractivity contribution in [1.29, 1.82) is 0 Å². The summed E-state index contributed by atoms with van der Waals surface area (Å²) in [5.74, 6) is -1.49. The number of anilines is 1. The number of hydrogen-bond donors (Lipinski definition) is 3. The Labute approximate surface area is 118 Å². The standard InChI is InChI=1S/C14H20N2O4/c1-9(2)12(13(18)19)8-15-14(20)16(3)10-4-6-11(17)7-5-10/h4-7,9,12,17H,8H2,1-3H3,(H,15,20)(H,18,19). The van der Waals surface area contributed by atoms with Crippen molar-refractivity contribution in [3.63, 3.8) is 0 Å². The molecule has 0 aromatic heterocycles. The van der Waals surface area contributed by atoms with E-state index in [1.165, 1.54) is 17.0 Å². The minimum absolute atomic E-state index is 0.0632. The second kappa shape index (κ2) is 6.79. The Morgan fingerprint density at radius 2 is 1.80 bits per heavy atom. The number of carbonyl (C=O) groups excluding carboxylic acids is 1. The van der Waals surface area contributed by atoms with E-state index in [0.717, 1.165) is 0 Å². The molecule has 1 aromatic carbocycles. The van der Waals surface area contributed by atoms with E-state index in [9.17, 15) is 14.7 Å². The monoisotopic (exact) mass is 280 g/mol. The number of rotatable bonds is 5. The van der Waals surface area contributed by atoms with Crippen LogP contribution in [0.1, 0.15) is 13.8 Å². The summed E-state index contributed by atoms with van der Waals surface area (Å²) >= 11 is 0. The summed E-state index contributed by atoms with van der Waals surface area (Å²) < 4.78 is 0. The molecule has 3 N–H and O–H groups in total. The van der Waals surface area contributed by atoms with Crippen LogP contribution in [0.3, 0.4) is 0 Å². The molecule has 1 unspecified atom stereocenters. The molecule has 2 amide bonds. The first-order valence-electron chi connectivity index (χ1n) is 6.36. The van der Waals surface area contributed by atoms with Crippen molar-refractivity contribution in [2.75, 3.05) is 18.5 Å². The number of aromatic hydroxyl groups is 1. The predicted molar refractivity (Wildman–Crippen MR) is 75.9 cm³/mol. The topological polar surface area (TPSA) is 89.9 Å². The first kappa shape index (κ1) is 15.8. The third-order valence-electron chi connectivity index (χ3n) is 3.14. The maximum absolute atomic E-state index is 11.9. The van der Waals surface area contributed by atoms with Crippen molar-refractivity contribution in [3.8, 4) is 5.75 Å². The fourth-order valence-corrected chi connectivity index (χ4v) is 1.72. The molecule has 6 heteroatoms. The van der Waals surface area contributed by atoms with E-state index in [2.05, 4.69) is 5.32 Å². The van der Waals surface area contributed by atoms with Crippen LogP contribution in [0, 0.1) is 11.8 Å². The molecule has 110 valence electrons. The van der Waals surface area contributed by atoms with Crippen molar-refractivity contribution in [1.82, 2.24) is 5.32 Å². The van der Waals surface area contributed by atoms with E-state index < -0.39 is 11.9 Å². The van der Waals surface area contributed by atoms with Gasteiger partial charge in [0.25, 0.3) is 0 Å². The number of phenols is 1. The second-order valence-electron chi connectivity index (χ2n) is 4.95. The quantitative estimate of drug-likeness (QED) is 0.768. The predicted octanol–water partition coefficient (Wildman–Crippen LogP) is 1.89. The Hall–Kier alpha value is -2.24. The zero-order valence-corrected chi connectivity index (χ0v) is 11.8. The lowest BCUT2D eigenvalue weighted by atomic mass is 9.96. The molecule has 0 aliphatic carbocycles. The molecule has 0 saturated carbocycles. The Balaban J connectivity index is 2.62. The molecule has 0 spiro atoms. The highest BCUT2D eigenvalue weighted by molar-refractivity contribution is 5.91. The van der Waals surface area contributed by atoms with E-state index >= 15 is 0 Å². The number of amides is 2.